The number of benzene rings is 1. The van der Waals surface area contributed by atoms with Crippen molar-refractivity contribution < 1.29 is 19.4 Å². The number of hydrogen-bond acceptors (Lipinski definition) is 3. The number of allylic oxidation sites excluding steroid dienone is 1. The van der Waals surface area contributed by atoms with Gasteiger partial charge in [0.15, 0.2) is 11.5 Å². The minimum Gasteiger partial charge on any atom is -0.493 e. The highest BCUT2D eigenvalue weighted by Crippen LogP contribution is 2.36. The Morgan fingerprint density at radius 2 is 2.21 bits per heavy atom. The van der Waals surface area contributed by atoms with Crippen molar-refractivity contribution in [2.45, 2.75) is 25.4 Å². The summed E-state index contributed by atoms with van der Waals surface area (Å²) >= 11 is 0. The van der Waals surface area contributed by atoms with Gasteiger partial charge in [-0.15, -0.1) is 6.58 Å². The summed E-state index contributed by atoms with van der Waals surface area (Å²) in [4.78, 5) is 10.8. The quantitative estimate of drug-likeness (QED) is 0.801. The Morgan fingerprint density at radius 3 is 2.79 bits per heavy atom. The van der Waals surface area contributed by atoms with Crippen molar-refractivity contribution in [3.05, 3.63) is 36.4 Å². The first kappa shape index (κ1) is 13.5. The normalized spacial score (nSPS) is 21.3. The minimum atomic E-state index is -0.743. The van der Waals surface area contributed by atoms with Gasteiger partial charge in [-0.25, -0.2) is 0 Å². The maximum absolute atomic E-state index is 10.8. The van der Waals surface area contributed by atoms with Crippen LogP contribution in [0.3, 0.4) is 0 Å². The second kappa shape index (κ2) is 5.78. The number of carboxylic acids is 1. The molecule has 0 amide bonds. The Hall–Kier alpha value is -1.97. The van der Waals surface area contributed by atoms with E-state index >= 15 is 0 Å². The van der Waals surface area contributed by atoms with E-state index < -0.39 is 5.97 Å². The largest absolute Gasteiger partial charge is 0.493 e. The zero-order chi connectivity index (χ0) is 13.8. The molecule has 0 bridgehead atoms. The van der Waals surface area contributed by atoms with Gasteiger partial charge < -0.3 is 14.6 Å². The summed E-state index contributed by atoms with van der Waals surface area (Å²) in [6.07, 6.45) is 3.68. The molecule has 4 nitrogen and oxygen atoms in total. The van der Waals surface area contributed by atoms with E-state index in [9.17, 15) is 4.79 Å². The van der Waals surface area contributed by atoms with E-state index in [0.717, 1.165) is 12.0 Å². The SMILES string of the molecule is C=CCc1ccc(OC)c(O[C@H]2C[C@H](C(=O)O)C2)c1. The van der Waals surface area contributed by atoms with Gasteiger partial charge in [0.1, 0.15) is 6.10 Å². The van der Waals surface area contributed by atoms with Crippen LogP contribution in [-0.2, 0) is 11.2 Å². The van der Waals surface area contributed by atoms with Gasteiger partial charge in [-0.3, -0.25) is 4.79 Å². The lowest BCUT2D eigenvalue weighted by Crippen LogP contribution is -2.38. The molecule has 0 aliphatic heterocycles. The van der Waals surface area contributed by atoms with Crippen molar-refractivity contribution in [3.8, 4) is 11.5 Å². The molecule has 0 aromatic heterocycles. The first-order chi connectivity index (χ1) is 9.13. The molecule has 0 radical (unpaired) electrons. The van der Waals surface area contributed by atoms with Crippen LogP contribution in [0.5, 0.6) is 11.5 Å². The molecule has 0 atom stereocenters. The molecule has 19 heavy (non-hydrogen) atoms. The molecule has 1 N–H and O–H groups in total. The third kappa shape index (κ3) is 3.08. The van der Waals surface area contributed by atoms with Crippen LogP contribution >= 0.6 is 0 Å². The minimum absolute atomic E-state index is 0.0334. The van der Waals surface area contributed by atoms with Gasteiger partial charge in [0.05, 0.1) is 13.0 Å². The van der Waals surface area contributed by atoms with Crippen LogP contribution in [0, 0.1) is 5.92 Å². The van der Waals surface area contributed by atoms with Gasteiger partial charge in [0.2, 0.25) is 0 Å². The van der Waals surface area contributed by atoms with E-state index in [1.807, 2.05) is 24.3 Å². The molecule has 102 valence electrons. The Labute approximate surface area is 112 Å². The second-order valence-corrected chi connectivity index (χ2v) is 4.72. The van der Waals surface area contributed by atoms with Gasteiger partial charge in [0, 0.05) is 0 Å². The summed E-state index contributed by atoms with van der Waals surface area (Å²) in [5.41, 5.74) is 1.10. The molecular formula is C15H18O4. The van der Waals surface area contributed by atoms with Crippen LogP contribution in [0.1, 0.15) is 18.4 Å². The predicted molar refractivity (Wildman–Crippen MR) is 71.7 cm³/mol. The monoisotopic (exact) mass is 262 g/mol. The Kier molecular flexibility index (Phi) is 4.10. The van der Waals surface area contributed by atoms with Crippen molar-refractivity contribution >= 4 is 5.97 Å². The number of aliphatic carboxylic acids is 1. The smallest absolute Gasteiger partial charge is 0.306 e. The topological polar surface area (TPSA) is 55.8 Å². The van der Waals surface area contributed by atoms with Gasteiger partial charge in [-0.05, 0) is 37.0 Å². The molecule has 0 unspecified atom stereocenters. The standard InChI is InChI=1S/C15H18O4/c1-3-4-10-5-6-13(18-2)14(7-10)19-12-8-11(9-12)15(16)17/h3,5-7,11-12H,1,4,8-9H2,2H3,(H,16,17)/t11-,12-. The third-order valence-corrected chi connectivity index (χ3v) is 3.35. The summed E-state index contributed by atoms with van der Waals surface area (Å²) in [7, 11) is 1.59. The second-order valence-electron chi connectivity index (χ2n) is 4.72. The van der Waals surface area contributed by atoms with E-state index in [0.29, 0.717) is 24.3 Å². The van der Waals surface area contributed by atoms with Crippen molar-refractivity contribution in [2.24, 2.45) is 5.92 Å². The van der Waals surface area contributed by atoms with Gasteiger partial charge in [0.25, 0.3) is 0 Å². The van der Waals surface area contributed by atoms with Crippen molar-refractivity contribution in [1.29, 1.82) is 0 Å². The van der Waals surface area contributed by atoms with E-state index in [1.54, 1.807) is 7.11 Å². The van der Waals surface area contributed by atoms with Crippen LogP contribution in [-0.4, -0.2) is 24.3 Å². The van der Waals surface area contributed by atoms with Crippen molar-refractivity contribution in [2.75, 3.05) is 7.11 Å². The molecule has 1 aliphatic rings. The van der Waals surface area contributed by atoms with E-state index in [-0.39, 0.29) is 12.0 Å². The first-order valence-electron chi connectivity index (χ1n) is 6.31. The fraction of sp³-hybridized carbons (Fsp3) is 0.400. The van der Waals surface area contributed by atoms with Crippen LogP contribution in [0.2, 0.25) is 0 Å². The first-order valence-corrected chi connectivity index (χ1v) is 6.31. The molecule has 4 heteroatoms. The van der Waals surface area contributed by atoms with Crippen LogP contribution in [0.4, 0.5) is 0 Å². The van der Waals surface area contributed by atoms with Gasteiger partial charge in [-0.1, -0.05) is 12.1 Å². The molecule has 2 rings (SSSR count). The maximum Gasteiger partial charge on any atom is 0.306 e. The summed E-state index contributed by atoms with van der Waals surface area (Å²) in [5, 5.41) is 8.84. The zero-order valence-corrected chi connectivity index (χ0v) is 11.0. The van der Waals surface area contributed by atoms with Crippen molar-refractivity contribution in [3.63, 3.8) is 0 Å². The highest BCUT2D eigenvalue weighted by molar-refractivity contribution is 5.71. The van der Waals surface area contributed by atoms with Crippen LogP contribution in [0.25, 0.3) is 0 Å². The third-order valence-electron chi connectivity index (χ3n) is 3.35. The summed E-state index contributed by atoms with van der Waals surface area (Å²) < 4.78 is 11.1. The Bertz CT molecular complexity index is 475. The Balaban J connectivity index is 2.04. The Morgan fingerprint density at radius 1 is 1.47 bits per heavy atom. The molecule has 0 spiro atoms. The van der Waals surface area contributed by atoms with Gasteiger partial charge >= 0.3 is 5.97 Å². The number of carboxylic acid groups (broad SMARTS) is 1. The van der Waals surface area contributed by atoms with E-state index in [1.165, 1.54) is 0 Å². The average Bonchev–Trinajstić information content (AvgIpc) is 2.33. The number of rotatable bonds is 6. The number of hydrogen-bond donors (Lipinski definition) is 1. The maximum atomic E-state index is 10.8. The highest BCUT2D eigenvalue weighted by Gasteiger charge is 2.36. The lowest BCUT2D eigenvalue weighted by Gasteiger charge is -2.32. The summed E-state index contributed by atoms with van der Waals surface area (Å²) in [6, 6.07) is 5.75. The van der Waals surface area contributed by atoms with E-state index in [2.05, 4.69) is 6.58 Å². The molecule has 1 fully saturated rings. The average molecular weight is 262 g/mol. The number of methoxy groups -OCH3 is 1. The molecule has 1 aliphatic carbocycles. The lowest BCUT2D eigenvalue weighted by molar-refractivity contribution is -0.147. The fourth-order valence-electron chi connectivity index (χ4n) is 2.15. The van der Waals surface area contributed by atoms with Gasteiger partial charge in [-0.2, -0.15) is 0 Å². The lowest BCUT2D eigenvalue weighted by atomic mass is 9.82. The number of ether oxygens (including phenoxy) is 2. The highest BCUT2D eigenvalue weighted by atomic mass is 16.5. The summed E-state index contributed by atoms with van der Waals surface area (Å²) in [6.45, 7) is 3.71. The molecular weight excluding hydrogens is 244 g/mol. The molecule has 1 saturated carbocycles. The molecule has 0 heterocycles. The predicted octanol–water partition coefficient (Wildman–Crippen LogP) is 2.67. The molecule has 1 aromatic carbocycles. The molecule has 0 saturated heterocycles. The molecule has 1 aromatic rings. The summed E-state index contributed by atoms with van der Waals surface area (Å²) in [5.74, 6) is 0.335. The van der Waals surface area contributed by atoms with Crippen LogP contribution < -0.4 is 9.47 Å². The van der Waals surface area contributed by atoms with Crippen molar-refractivity contribution in [1.82, 2.24) is 0 Å². The zero-order valence-electron chi connectivity index (χ0n) is 11.0. The van der Waals surface area contributed by atoms with Crippen LogP contribution in [0.15, 0.2) is 30.9 Å². The fourth-order valence-corrected chi connectivity index (χ4v) is 2.15. The van der Waals surface area contributed by atoms with E-state index in [4.69, 9.17) is 14.6 Å². The number of carbonyl (C=O) groups is 1.